The van der Waals surface area contributed by atoms with Crippen molar-refractivity contribution in [1.82, 2.24) is 4.72 Å². The Morgan fingerprint density at radius 2 is 2.04 bits per heavy atom. The molecule has 122 valence electrons. The van der Waals surface area contributed by atoms with Gasteiger partial charge in [0.05, 0.1) is 5.56 Å². The smallest absolute Gasteiger partial charge is 0.337 e. The first-order valence-corrected chi connectivity index (χ1v) is 9.02. The molecule has 23 heavy (non-hydrogen) atoms. The van der Waals surface area contributed by atoms with Gasteiger partial charge in [0.2, 0.25) is 0 Å². The summed E-state index contributed by atoms with van der Waals surface area (Å²) in [6, 6.07) is 8.06. The topological polar surface area (TPSA) is 49.3 Å². The van der Waals surface area contributed by atoms with Gasteiger partial charge >= 0.3 is 5.97 Å². The highest BCUT2D eigenvalue weighted by atomic mass is 32.1. The molecule has 0 spiro atoms. The summed E-state index contributed by atoms with van der Waals surface area (Å²) in [5.74, 6) is -0.809. The highest BCUT2D eigenvalue weighted by molar-refractivity contribution is 7.78. The predicted octanol–water partition coefficient (Wildman–Crippen LogP) is 4.56. The van der Waals surface area contributed by atoms with Crippen molar-refractivity contribution in [3.63, 3.8) is 0 Å². The molecule has 0 unspecified atom stereocenters. The molecule has 0 aliphatic heterocycles. The molecule has 5 heteroatoms. The van der Waals surface area contributed by atoms with Gasteiger partial charge in [-0.15, -0.1) is 11.3 Å². The second kappa shape index (κ2) is 6.30. The Balaban J connectivity index is 2.06. The minimum Gasteiger partial charge on any atom is -0.478 e. The predicted molar refractivity (Wildman–Crippen MR) is 98.3 cm³/mol. The number of carbonyl (C=O) groups is 1. The normalized spacial score (nSPS) is 16.1. The van der Waals surface area contributed by atoms with Crippen molar-refractivity contribution in [2.45, 2.75) is 39.7 Å². The highest BCUT2D eigenvalue weighted by Gasteiger charge is 2.32. The van der Waals surface area contributed by atoms with Crippen LogP contribution in [0, 0.1) is 5.41 Å². The van der Waals surface area contributed by atoms with Crippen LogP contribution in [0.3, 0.4) is 0 Å². The lowest BCUT2D eigenvalue weighted by Gasteiger charge is -2.29. The molecule has 0 fully saturated rings. The Hall–Kier alpha value is -1.30. The minimum atomic E-state index is -0.809. The molecular weight excluding hydrogens is 326 g/mol. The zero-order valence-electron chi connectivity index (χ0n) is 13.3. The summed E-state index contributed by atoms with van der Waals surface area (Å²) in [4.78, 5) is 14.0. The minimum absolute atomic E-state index is 0.178. The molecule has 1 aromatic carbocycles. The van der Waals surface area contributed by atoms with E-state index in [-0.39, 0.29) is 5.41 Å². The first kappa shape index (κ1) is 16.6. The van der Waals surface area contributed by atoms with Crippen molar-refractivity contribution in [3.8, 4) is 10.4 Å². The molecule has 0 atom stereocenters. The van der Waals surface area contributed by atoms with Gasteiger partial charge in [-0.2, -0.15) is 0 Å². The van der Waals surface area contributed by atoms with Crippen LogP contribution in [-0.2, 0) is 19.4 Å². The molecule has 2 aromatic rings. The zero-order chi connectivity index (χ0) is 16.6. The molecule has 1 aliphatic rings. The van der Waals surface area contributed by atoms with Crippen LogP contribution in [0.15, 0.2) is 24.3 Å². The maximum atomic E-state index is 11.9. The van der Waals surface area contributed by atoms with Gasteiger partial charge in [-0.05, 0) is 41.4 Å². The van der Waals surface area contributed by atoms with E-state index in [1.807, 2.05) is 24.3 Å². The van der Waals surface area contributed by atoms with Gasteiger partial charge in [-0.1, -0.05) is 50.9 Å². The standard InChI is InChI=1S/C18H21NO2S2/c1-18(2)8-7-14-13(9-18)15(17(20)21)16(23-14)12-5-3-11(4-6-12)10-19-22/h3-6,19,22H,7-10H2,1-2H3,(H,20,21). The van der Waals surface area contributed by atoms with Crippen molar-refractivity contribution in [1.29, 1.82) is 0 Å². The summed E-state index contributed by atoms with van der Waals surface area (Å²) >= 11 is 5.66. The third-order valence-electron chi connectivity index (χ3n) is 4.49. The van der Waals surface area contributed by atoms with Gasteiger partial charge < -0.3 is 5.11 Å². The molecule has 2 N–H and O–H groups in total. The SMILES string of the molecule is CC1(C)CCc2sc(-c3ccc(CNS)cc3)c(C(=O)O)c2C1. The number of thiophene rings is 1. The number of hydrogen-bond donors (Lipinski definition) is 3. The van der Waals surface area contributed by atoms with Crippen molar-refractivity contribution in [2.75, 3.05) is 0 Å². The van der Waals surface area contributed by atoms with Gasteiger partial charge in [-0.25, -0.2) is 4.79 Å². The van der Waals surface area contributed by atoms with Crippen molar-refractivity contribution < 1.29 is 9.90 Å². The average molecular weight is 348 g/mol. The molecule has 0 radical (unpaired) electrons. The molecular formula is C18H21NO2S2. The first-order valence-electron chi connectivity index (χ1n) is 7.75. The maximum Gasteiger partial charge on any atom is 0.337 e. The summed E-state index contributed by atoms with van der Waals surface area (Å²) in [7, 11) is 0. The van der Waals surface area contributed by atoms with Crippen molar-refractivity contribution in [2.24, 2.45) is 5.41 Å². The molecule has 0 bridgehead atoms. The van der Waals surface area contributed by atoms with E-state index in [9.17, 15) is 9.90 Å². The maximum absolute atomic E-state index is 11.9. The van der Waals surface area contributed by atoms with Crippen LogP contribution >= 0.6 is 24.2 Å². The van der Waals surface area contributed by atoms with E-state index in [0.717, 1.165) is 40.8 Å². The monoisotopic (exact) mass is 347 g/mol. The van der Waals surface area contributed by atoms with Crippen LogP contribution in [0.1, 0.15) is 46.6 Å². The molecule has 0 amide bonds. The van der Waals surface area contributed by atoms with E-state index in [1.54, 1.807) is 11.3 Å². The fourth-order valence-electron chi connectivity index (χ4n) is 3.21. The lowest BCUT2D eigenvalue weighted by molar-refractivity contribution is 0.0696. The number of benzene rings is 1. The molecule has 1 aliphatic carbocycles. The molecule has 3 rings (SSSR count). The van der Waals surface area contributed by atoms with Crippen LogP contribution in [0.4, 0.5) is 0 Å². The lowest BCUT2D eigenvalue weighted by Crippen LogP contribution is -2.22. The third kappa shape index (κ3) is 3.32. The Bertz CT molecular complexity index is 732. The number of aromatic carboxylic acids is 1. The van der Waals surface area contributed by atoms with Gasteiger partial charge in [0, 0.05) is 16.3 Å². The van der Waals surface area contributed by atoms with E-state index >= 15 is 0 Å². The van der Waals surface area contributed by atoms with Crippen molar-refractivity contribution >= 4 is 30.1 Å². The summed E-state index contributed by atoms with van der Waals surface area (Å²) in [6.07, 6.45) is 2.95. The molecule has 1 aromatic heterocycles. The number of thiol groups is 1. The van der Waals surface area contributed by atoms with E-state index in [0.29, 0.717) is 12.1 Å². The summed E-state index contributed by atoms with van der Waals surface area (Å²) in [5, 5.41) is 9.77. The van der Waals surface area contributed by atoms with Crippen LogP contribution < -0.4 is 4.72 Å². The van der Waals surface area contributed by atoms with Gasteiger partial charge in [0.1, 0.15) is 0 Å². The number of rotatable bonds is 4. The van der Waals surface area contributed by atoms with Crippen LogP contribution in [-0.4, -0.2) is 11.1 Å². The lowest BCUT2D eigenvalue weighted by atomic mass is 9.76. The molecule has 1 heterocycles. The van der Waals surface area contributed by atoms with Crippen LogP contribution in [0.2, 0.25) is 0 Å². The second-order valence-electron chi connectivity index (χ2n) is 6.89. The second-order valence-corrected chi connectivity index (χ2v) is 8.31. The molecule has 0 saturated heterocycles. The summed E-state index contributed by atoms with van der Waals surface area (Å²) < 4.78 is 2.82. The third-order valence-corrected chi connectivity index (χ3v) is 5.99. The highest BCUT2D eigenvalue weighted by Crippen LogP contribution is 2.45. The van der Waals surface area contributed by atoms with Gasteiger partial charge in [0.15, 0.2) is 0 Å². The zero-order valence-corrected chi connectivity index (χ0v) is 15.1. The molecule has 3 nitrogen and oxygen atoms in total. The van der Waals surface area contributed by atoms with Gasteiger partial charge in [0.25, 0.3) is 0 Å². The summed E-state index contributed by atoms with van der Waals surface area (Å²) in [5.41, 5.74) is 3.86. The average Bonchev–Trinajstić information content (AvgIpc) is 2.85. The van der Waals surface area contributed by atoms with Crippen LogP contribution in [0.25, 0.3) is 10.4 Å². The molecule has 0 saturated carbocycles. The van der Waals surface area contributed by atoms with E-state index in [1.165, 1.54) is 4.88 Å². The number of nitrogens with one attached hydrogen (secondary N) is 1. The van der Waals surface area contributed by atoms with Crippen LogP contribution in [0.5, 0.6) is 0 Å². The largest absolute Gasteiger partial charge is 0.478 e. The Labute approximate surface area is 146 Å². The van der Waals surface area contributed by atoms with Crippen molar-refractivity contribution in [3.05, 3.63) is 45.8 Å². The Morgan fingerprint density at radius 3 is 2.65 bits per heavy atom. The number of aryl methyl sites for hydroxylation is 1. The van der Waals surface area contributed by atoms with E-state index in [4.69, 9.17) is 0 Å². The quantitative estimate of drug-likeness (QED) is 0.711. The van der Waals surface area contributed by atoms with E-state index in [2.05, 4.69) is 31.4 Å². The Kier molecular flexibility index (Phi) is 4.54. The number of carboxylic acid groups (broad SMARTS) is 1. The fraction of sp³-hybridized carbons (Fsp3) is 0.389. The Morgan fingerprint density at radius 1 is 1.35 bits per heavy atom. The number of hydrogen-bond acceptors (Lipinski definition) is 4. The fourth-order valence-corrected chi connectivity index (χ4v) is 4.71. The van der Waals surface area contributed by atoms with E-state index < -0.39 is 5.97 Å². The number of fused-ring (bicyclic) bond motifs is 1. The summed E-state index contributed by atoms with van der Waals surface area (Å²) in [6.45, 7) is 5.13. The van der Waals surface area contributed by atoms with Gasteiger partial charge in [-0.3, -0.25) is 4.72 Å². The number of carboxylic acids is 1. The first-order chi connectivity index (χ1) is 10.9.